The Kier molecular flexibility index (Phi) is 5.25. The molecule has 146 valence electrons. The van der Waals surface area contributed by atoms with Gasteiger partial charge < -0.3 is 33.9 Å². The molecular formula is C18H29BNO6-. The van der Waals surface area contributed by atoms with Crippen LogP contribution in [0.2, 0.25) is 0 Å². The van der Waals surface area contributed by atoms with E-state index in [2.05, 4.69) is 0 Å². The van der Waals surface area contributed by atoms with Gasteiger partial charge in [-0.2, -0.15) is 0 Å². The summed E-state index contributed by atoms with van der Waals surface area (Å²) in [4.78, 5) is 0. The number of methoxy groups -OCH3 is 1. The Morgan fingerprint density at radius 3 is 2.38 bits per heavy atom. The van der Waals surface area contributed by atoms with Crippen LogP contribution < -0.4 is 20.6 Å². The van der Waals surface area contributed by atoms with Crippen LogP contribution in [0.25, 0.3) is 0 Å². The van der Waals surface area contributed by atoms with Crippen LogP contribution in [0.4, 0.5) is 0 Å². The molecule has 0 unspecified atom stereocenters. The van der Waals surface area contributed by atoms with Crippen molar-refractivity contribution in [1.29, 1.82) is 0 Å². The average molecular weight is 366 g/mol. The Labute approximate surface area is 155 Å². The number of benzene rings is 1. The van der Waals surface area contributed by atoms with Gasteiger partial charge in [-0.05, 0) is 39.8 Å². The Morgan fingerprint density at radius 2 is 1.81 bits per heavy atom. The lowest BCUT2D eigenvalue weighted by Gasteiger charge is -2.36. The maximum absolute atomic E-state index is 6.48. The molecule has 3 rings (SSSR count). The van der Waals surface area contributed by atoms with E-state index in [0.29, 0.717) is 37.9 Å². The molecule has 8 heteroatoms. The standard InChI is InChI=1S/C18H29BNO6/c1-17(2)18(3,4)26-19(20,25-17)13-6-7-15(16(10-13)21-5)24-12-14-11-22-8-9-23-14/h6-7,10,14H,8-9,11-12,20H2,1-5H3/q-1/t14-/m1/s1. The fourth-order valence-electron chi connectivity index (χ4n) is 3.19. The first-order valence-corrected chi connectivity index (χ1v) is 9.01. The molecule has 2 aliphatic heterocycles. The van der Waals surface area contributed by atoms with E-state index in [1.165, 1.54) is 0 Å². The van der Waals surface area contributed by atoms with E-state index in [1.807, 2.05) is 45.9 Å². The van der Waals surface area contributed by atoms with Gasteiger partial charge in [0.15, 0.2) is 11.5 Å². The SMILES string of the molecule is COc1cc([B-]2(N)OC(C)(C)C(C)(C)O2)ccc1OC[C@H]1COCCO1. The summed E-state index contributed by atoms with van der Waals surface area (Å²) in [7, 11) is 1.59. The maximum Gasteiger partial charge on any atom is 0.343 e. The van der Waals surface area contributed by atoms with E-state index in [4.69, 9.17) is 33.9 Å². The smallest absolute Gasteiger partial charge is 0.343 e. The van der Waals surface area contributed by atoms with Gasteiger partial charge in [0.1, 0.15) is 12.7 Å². The summed E-state index contributed by atoms with van der Waals surface area (Å²) in [6, 6.07) is 5.48. The summed E-state index contributed by atoms with van der Waals surface area (Å²) in [5.41, 5.74) is 6.19. The molecule has 0 radical (unpaired) electrons. The second-order valence-electron chi connectivity index (χ2n) is 7.82. The van der Waals surface area contributed by atoms with Crippen LogP contribution in [-0.4, -0.2) is 57.5 Å². The highest BCUT2D eigenvalue weighted by Gasteiger charge is 2.50. The minimum absolute atomic E-state index is 0.0821. The van der Waals surface area contributed by atoms with E-state index in [0.717, 1.165) is 5.46 Å². The van der Waals surface area contributed by atoms with Gasteiger partial charge in [0.05, 0.1) is 26.9 Å². The third-order valence-electron chi connectivity index (χ3n) is 5.35. The molecule has 0 aliphatic carbocycles. The van der Waals surface area contributed by atoms with Crippen molar-refractivity contribution >= 4 is 12.1 Å². The van der Waals surface area contributed by atoms with Gasteiger partial charge in [-0.1, -0.05) is 6.07 Å². The zero-order valence-electron chi connectivity index (χ0n) is 16.2. The topological polar surface area (TPSA) is 81.4 Å². The average Bonchev–Trinajstić information content (AvgIpc) is 2.77. The van der Waals surface area contributed by atoms with E-state index in [-0.39, 0.29) is 6.10 Å². The van der Waals surface area contributed by atoms with Crippen LogP contribution in [0.1, 0.15) is 27.7 Å². The Morgan fingerprint density at radius 1 is 1.12 bits per heavy atom. The molecule has 1 aromatic carbocycles. The summed E-state index contributed by atoms with van der Waals surface area (Å²) < 4.78 is 34.5. The first kappa shape index (κ1) is 19.4. The number of ether oxygens (including phenoxy) is 4. The van der Waals surface area contributed by atoms with Crippen molar-refractivity contribution in [2.75, 3.05) is 33.5 Å². The van der Waals surface area contributed by atoms with Gasteiger partial charge in [0.25, 0.3) is 0 Å². The molecule has 1 aromatic rings. The van der Waals surface area contributed by atoms with Crippen LogP contribution in [0.15, 0.2) is 18.2 Å². The van der Waals surface area contributed by atoms with E-state index in [9.17, 15) is 0 Å². The van der Waals surface area contributed by atoms with Crippen molar-refractivity contribution in [1.82, 2.24) is 0 Å². The number of hydrogen-bond donors (Lipinski definition) is 1. The minimum Gasteiger partial charge on any atom is -0.545 e. The molecule has 2 aliphatic rings. The molecule has 0 amide bonds. The lowest BCUT2D eigenvalue weighted by Crippen LogP contribution is -2.60. The second-order valence-corrected chi connectivity index (χ2v) is 7.82. The number of hydrogen-bond acceptors (Lipinski definition) is 7. The number of nitrogens with two attached hydrogens (primary N) is 1. The van der Waals surface area contributed by atoms with Crippen molar-refractivity contribution in [3.63, 3.8) is 0 Å². The molecule has 2 fully saturated rings. The summed E-state index contributed by atoms with van der Waals surface area (Å²) in [5.74, 6) is 1.18. The monoisotopic (exact) mass is 366 g/mol. The second kappa shape index (κ2) is 7.01. The van der Waals surface area contributed by atoms with Crippen LogP contribution in [-0.2, 0) is 18.8 Å². The zero-order chi connectivity index (χ0) is 19.0. The van der Waals surface area contributed by atoms with E-state index >= 15 is 0 Å². The largest absolute Gasteiger partial charge is 0.545 e. The molecule has 2 heterocycles. The lowest BCUT2D eigenvalue weighted by atomic mass is 9.65. The summed E-state index contributed by atoms with van der Waals surface area (Å²) in [6.45, 7) is 7.93. The third kappa shape index (κ3) is 3.70. The van der Waals surface area contributed by atoms with Crippen LogP contribution in [0.3, 0.4) is 0 Å². The molecule has 2 N–H and O–H groups in total. The van der Waals surface area contributed by atoms with Crippen LogP contribution in [0.5, 0.6) is 11.5 Å². The molecule has 0 bridgehead atoms. The Balaban J connectivity index is 1.76. The molecular weight excluding hydrogens is 337 g/mol. The van der Waals surface area contributed by atoms with Crippen LogP contribution in [0, 0.1) is 0 Å². The predicted molar refractivity (Wildman–Crippen MR) is 99.0 cm³/mol. The predicted octanol–water partition coefficient (Wildman–Crippen LogP) is 1.20. The first-order valence-electron chi connectivity index (χ1n) is 9.01. The lowest BCUT2D eigenvalue weighted by molar-refractivity contribution is -0.101. The summed E-state index contributed by atoms with van der Waals surface area (Å²) in [6.07, 6.45) is -0.0821. The molecule has 0 aromatic heterocycles. The van der Waals surface area contributed by atoms with Crippen molar-refractivity contribution < 1.29 is 28.3 Å². The quantitative estimate of drug-likeness (QED) is 0.784. The van der Waals surface area contributed by atoms with Gasteiger partial charge >= 0.3 is 6.69 Å². The summed E-state index contributed by atoms with van der Waals surface area (Å²) >= 11 is 0. The molecule has 1 atom stereocenters. The molecule has 7 nitrogen and oxygen atoms in total. The normalized spacial score (nSPS) is 26.5. The molecule has 26 heavy (non-hydrogen) atoms. The fraction of sp³-hybridized carbons (Fsp3) is 0.667. The van der Waals surface area contributed by atoms with Gasteiger partial charge in [0, 0.05) is 11.2 Å². The van der Waals surface area contributed by atoms with Crippen molar-refractivity contribution in [3.05, 3.63) is 18.2 Å². The summed E-state index contributed by atoms with van der Waals surface area (Å²) in [5, 5.41) is 0. The van der Waals surface area contributed by atoms with Crippen molar-refractivity contribution in [2.24, 2.45) is 5.64 Å². The Bertz CT molecular complexity index is 629. The Hall–Kier alpha value is -1.32. The number of rotatable bonds is 5. The highest BCUT2D eigenvalue weighted by Crippen LogP contribution is 2.40. The zero-order valence-corrected chi connectivity index (χ0v) is 16.2. The van der Waals surface area contributed by atoms with Crippen molar-refractivity contribution in [3.8, 4) is 11.5 Å². The first-order chi connectivity index (χ1) is 12.2. The minimum atomic E-state index is -2.11. The fourth-order valence-corrected chi connectivity index (χ4v) is 3.19. The van der Waals surface area contributed by atoms with Crippen LogP contribution >= 0.6 is 0 Å². The van der Waals surface area contributed by atoms with Crippen molar-refractivity contribution in [2.45, 2.75) is 45.0 Å². The van der Waals surface area contributed by atoms with Gasteiger partial charge in [0.2, 0.25) is 0 Å². The van der Waals surface area contributed by atoms with Gasteiger partial charge in [-0.25, -0.2) is 0 Å². The van der Waals surface area contributed by atoms with E-state index < -0.39 is 17.9 Å². The van der Waals surface area contributed by atoms with Gasteiger partial charge in [-0.3, -0.25) is 0 Å². The van der Waals surface area contributed by atoms with Gasteiger partial charge in [-0.15, -0.1) is 5.46 Å². The third-order valence-corrected chi connectivity index (χ3v) is 5.35. The molecule has 2 saturated heterocycles. The highest BCUT2D eigenvalue weighted by atomic mass is 16.7. The maximum atomic E-state index is 6.48. The molecule has 0 spiro atoms. The van der Waals surface area contributed by atoms with E-state index in [1.54, 1.807) is 7.11 Å². The molecule has 0 saturated carbocycles. The highest BCUT2D eigenvalue weighted by molar-refractivity contribution is 6.78.